The maximum absolute atomic E-state index is 11.7. The summed E-state index contributed by atoms with van der Waals surface area (Å²) in [6.45, 7) is 8.06. The molecular weight excluding hydrogens is 266 g/mol. The maximum Gasteiger partial charge on any atom is 0.309 e. The van der Waals surface area contributed by atoms with Gasteiger partial charge in [-0.05, 0) is 51.4 Å². The second-order valence-electron chi connectivity index (χ2n) is 5.38. The van der Waals surface area contributed by atoms with Crippen LogP contribution in [0, 0.1) is 5.92 Å². The Morgan fingerprint density at radius 2 is 2.14 bits per heavy atom. The molecule has 0 amide bonds. The highest BCUT2D eigenvalue weighted by atomic mass is 16.5. The average Bonchev–Trinajstić information content (AvgIpc) is 2.50. The van der Waals surface area contributed by atoms with Gasteiger partial charge in [-0.1, -0.05) is 6.07 Å². The summed E-state index contributed by atoms with van der Waals surface area (Å²) >= 11 is 0. The molecule has 0 aromatic carbocycles. The molecule has 1 aliphatic rings. The molecule has 0 atom stereocenters. The first-order valence-electron chi connectivity index (χ1n) is 7.80. The van der Waals surface area contributed by atoms with Crippen molar-refractivity contribution >= 4 is 11.8 Å². The Kier molecular flexibility index (Phi) is 5.99. The van der Waals surface area contributed by atoms with Crippen LogP contribution in [-0.4, -0.2) is 42.1 Å². The predicted octanol–water partition coefficient (Wildman–Crippen LogP) is 2.29. The van der Waals surface area contributed by atoms with Crippen LogP contribution in [0.1, 0.15) is 32.3 Å². The molecule has 0 saturated carbocycles. The first-order valence-corrected chi connectivity index (χ1v) is 7.80. The Labute approximate surface area is 126 Å². The lowest BCUT2D eigenvalue weighted by Crippen LogP contribution is -2.36. The van der Waals surface area contributed by atoms with Crippen molar-refractivity contribution in [3.63, 3.8) is 0 Å². The number of pyridine rings is 1. The van der Waals surface area contributed by atoms with Gasteiger partial charge in [0.15, 0.2) is 0 Å². The molecule has 5 heteroatoms. The maximum atomic E-state index is 11.7. The van der Waals surface area contributed by atoms with E-state index in [1.807, 2.05) is 19.2 Å². The molecule has 5 nitrogen and oxygen atoms in total. The van der Waals surface area contributed by atoms with Gasteiger partial charge in [-0.2, -0.15) is 0 Å². The first kappa shape index (κ1) is 15.8. The van der Waals surface area contributed by atoms with Crippen molar-refractivity contribution in [2.75, 3.05) is 31.6 Å². The van der Waals surface area contributed by atoms with E-state index in [9.17, 15) is 4.79 Å². The number of ether oxygens (including phenoxy) is 1. The summed E-state index contributed by atoms with van der Waals surface area (Å²) in [5.41, 5.74) is 1.21. The number of esters is 1. The monoisotopic (exact) mass is 291 g/mol. The minimum absolute atomic E-state index is 0.0335. The van der Waals surface area contributed by atoms with Crippen molar-refractivity contribution in [1.82, 2.24) is 9.88 Å². The van der Waals surface area contributed by atoms with Crippen LogP contribution in [0.4, 0.5) is 5.82 Å². The van der Waals surface area contributed by atoms with Crippen molar-refractivity contribution in [2.24, 2.45) is 5.92 Å². The third kappa shape index (κ3) is 4.70. The summed E-state index contributed by atoms with van der Waals surface area (Å²) in [5.74, 6) is 0.964. The summed E-state index contributed by atoms with van der Waals surface area (Å²) < 4.78 is 5.10. The van der Waals surface area contributed by atoms with E-state index in [0.29, 0.717) is 6.61 Å². The Morgan fingerprint density at radius 1 is 1.38 bits per heavy atom. The number of hydrogen-bond donors (Lipinski definition) is 1. The molecule has 1 aromatic rings. The molecule has 0 radical (unpaired) electrons. The molecule has 0 aliphatic carbocycles. The normalized spacial score (nSPS) is 16.7. The van der Waals surface area contributed by atoms with Gasteiger partial charge in [0.2, 0.25) is 0 Å². The van der Waals surface area contributed by atoms with Gasteiger partial charge in [0, 0.05) is 19.3 Å². The number of nitrogens with zero attached hydrogens (tertiary/aromatic N) is 2. The second kappa shape index (κ2) is 7.98. The van der Waals surface area contributed by atoms with E-state index >= 15 is 0 Å². The van der Waals surface area contributed by atoms with Gasteiger partial charge in [-0.25, -0.2) is 4.98 Å². The van der Waals surface area contributed by atoms with Gasteiger partial charge < -0.3 is 10.1 Å². The average molecular weight is 291 g/mol. The summed E-state index contributed by atoms with van der Waals surface area (Å²) in [4.78, 5) is 18.5. The Bertz CT molecular complexity index is 439. The van der Waals surface area contributed by atoms with Gasteiger partial charge in [0.1, 0.15) is 5.82 Å². The third-order valence-electron chi connectivity index (χ3n) is 3.80. The molecule has 0 bridgehead atoms. The number of likely N-dealkylation sites (tertiary alicyclic amines) is 1. The molecule has 1 saturated heterocycles. The summed E-state index contributed by atoms with van der Waals surface area (Å²) in [7, 11) is 0. The molecular formula is C16H25N3O2. The van der Waals surface area contributed by atoms with Crippen LogP contribution in [0.25, 0.3) is 0 Å². The second-order valence-corrected chi connectivity index (χ2v) is 5.38. The number of nitrogens with one attached hydrogen (secondary N) is 1. The number of hydrogen-bond acceptors (Lipinski definition) is 5. The third-order valence-corrected chi connectivity index (χ3v) is 3.80. The number of piperidine rings is 1. The highest BCUT2D eigenvalue weighted by molar-refractivity contribution is 5.72. The van der Waals surface area contributed by atoms with Gasteiger partial charge in [0.05, 0.1) is 12.5 Å². The molecule has 1 fully saturated rings. The number of aromatic nitrogens is 1. The van der Waals surface area contributed by atoms with Gasteiger partial charge in [0.25, 0.3) is 0 Å². The van der Waals surface area contributed by atoms with Gasteiger partial charge in [-0.15, -0.1) is 0 Å². The summed E-state index contributed by atoms with van der Waals surface area (Å²) in [6, 6.07) is 4.13. The molecule has 0 spiro atoms. The van der Waals surface area contributed by atoms with Crippen LogP contribution in [0.3, 0.4) is 0 Å². The zero-order valence-electron chi connectivity index (χ0n) is 13.0. The topological polar surface area (TPSA) is 54.5 Å². The van der Waals surface area contributed by atoms with Crippen LogP contribution in [0.15, 0.2) is 18.3 Å². The van der Waals surface area contributed by atoms with E-state index in [2.05, 4.69) is 28.2 Å². The van der Waals surface area contributed by atoms with E-state index in [0.717, 1.165) is 44.8 Å². The highest BCUT2D eigenvalue weighted by Crippen LogP contribution is 2.20. The standard InChI is InChI=1S/C16H25N3O2/c1-3-17-15-6-5-13(11-18-15)12-19-9-7-14(8-10-19)16(20)21-4-2/h5-6,11,14H,3-4,7-10,12H2,1-2H3,(H,17,18). The molecule has 2 heterocycles. The quantitative estimate of drug-likeness (QED) is 0.815. The van der Waals surface area contributed by atoms with Crippen LogP contribution in [-0.2, 0) is 16.1 Å². The minimum Gasteiger partial charge on any atom is -0.466 e. The van der Waals surface area contributed by atoms with Crippen molar-refractivity contribution in [2.45, 2.75) is 33.2 Å². The van der Waals surface area contributed by atoms with E-state index in [1.54, 1.807) is 0 Å². The fraction of sp³-hybridized carbons (Fsp3) is 0.625. The Balaban J connectivity index is 1.79. The van der Waals surface area contributed by atoms with Crippen molar-refractivity contribution in [1.29, 1.82) is 0 Å². The van der Waals surface area contributed by atoms with Crippen molar-refractivity contribution in [3.8, 4) is 0 Å². The van der Waals surface area contributed by atoms with Gasteiger partial charge in [-0.3, -0.25) is 9.69 Å². The molecule has 1 aromatic heterocycles. The van der Waals surface area contributed by atoms with Crippen molar-refractivity contribution in [3.05, 3.63) is 23.9 Å². The molecule has 2 rings (SSSR count). The van der Waals surface area contributed by atoms with Crippen LogP contribution in [0.5, 0.6) is 0 Å². The number of anilines is 1. The lowest BCUT2D eigenvalue weighted by atomic mass is 9.97. The van der Waals surface area contributed by atoms with Crippen molar-refractivity contribution < 1.29 is 9.53 Å². The summed E-state index contributed by atoms with van der Waals surface area (Å²) in [6.07, 6.45) is 3.71. The molecule has 116 valence electrons. The minimum atomic E-state index is -0.0335. The zero-order chi connectivity index (χ0) is 15.1. The van der Waals surface area contributed by atoms with E-state index in [1.165, 1.54) is 5.56 Å². The van der Waals surface area contributed by atoms with Crippen LogP contribution in [0.2, 0.25) is 0 Å². The van der Waals surface area contributed by atoms with Crippen LogP contribution >= 0.6 is 0 Å². The zero-order valence-corrected chi connectivity index (χ0v) is 13.0. The molecule has 1 aliphatic heterocycles. The first-order chi connectivity index (χ1) is 10.2. The molecule has 1 N–H and O–H groups in total. The largest absolute Gasteiger partial charge is 0.466 e. The summed E-state index contributed by atoms with van der Waals surface area (Å²) in [5, 5.41) is 3.19. The Hall–Kier alpha value is -1.62. The number of carbonyl (C=O) groups is 1. The van der Waals surface area contributed by atoms with E-state index in [-0.39, 0.29) is 11.9 Å². The van der Waals surface area contributed by atoms with E-state index < -0.39 is 0 Å². The van der Waals surface area contributed by atoms with E-state index in [4.69, 9.17) is 4.74 Å². The smallest absolute Gasteiger partial charge is 0.309 e. The lowest BCUT2D eigenvalue weighted by Gasteiger charge is -2.30. The predicted molar refractivity (Wildman–Crippen MR) is 83.0 cm³/mol. The SMILES string of the molecule is CCNc1ccc(CN2CCC(C(=O)OCC)CC2)cn1. The highest BCUT2D eigenvalue weighted by Gasteiger charge is 2.25. The van der Waals surface area contributed by atoms with Gasteiger partial charge >= 0.3 is 5.97 Å². The fourth-order valence-corrected chi connectivity index (χ4v) is 2.65. The molecule has 0 unspecified atom stereocenters. The Morgan fingerprint density at radius 3 is 2.71 bits per heavy atom. The lowest BCUT2D eigenvalue weighted by molar-refractivity contribution is -0.149. The number of rotatable bonds is 6. The number of carbonyl (C=O) groups excluding carboxylic acids is 1. The molecule has 21 heavy (non-hydrogen) atoms. The van der Waals surface area contributed by atoms with Crippen LogP contribution < -0.4 is 5.32 Å². The fourth-order valence-electron chi connectivity index (χ4n) is 2.65.